The quantitative estimate of drug-likeness (QED) is 0.404. The van der Waals surface area contributed by atoms with E-state index in [1.54, 1.807) is 6.92 Å². The second-order valence-corrected chi connectivity index (χ2v) is 4.10. The summed E-state index contributed by atoms with van der Waals surface area (Å²) in [6, 6.07) is 9.28. The lowest BCUT2D eigenvalue weighted by atomic mass is 10.0. The van der Waals surface area contributed by atoms with E-state index in [1.807, 2.05) is 18.2 Å². The number of unbranched alkanes of at least 4 members (excludes halogenated alkanes) is 1. The van der Waals surface area contributed by atoms with Gasteiger partial charge in [-0.15, -0.1) is 4.91 Å². The molecule has 1 rings (SSSR count). The number of carbonyl (C=O) groups is 1. The molecule has 0 amide bonds. The number of nitroso groups, excluding NO2 is 1. The van der Waals surface area contributed by atoms with E-state index in [9.17, 15) is 9.70 Å². The lowest BCUT2D eigenvalue weighted by Gasteiger charge is -2.07. The summed E-state index contributed by atoms with van der Waals surface area (Å²) in [5, 5.41) is 2.83. The molecule has 0 saturated carbocycles. The standard InChI is InChI=1S/C14H19NO3/c1-2-18-14(16)13(15-17)11-7-6-10-12-8-4-3-5-9-12/h3-5,8-9,13H,2,6-7,10-11H2,1H3. The van der Waals surface area contributed by atoms with Gasteiger partial charge < -0.3 is 4.74 Å². The first kappa shape index (κ1) is 14.4. The van der Waals surface area contributed by atoms with Crippen LogP contribution in [0.2, 0.25) is 0 Å². The lowest BCUT2D eigenvalue weighted by molar-refractivity contribution is -0.144. The van der Waals surface area contributed by atoms with Crippen molar-refractivity contribution < 1.29 is 9.53 Å². The Kier molecular flexibility index (Phi) is 6.69. The first-order valence-corrected chi connectivity index (χ1v) is 6.31. The van der Waals surface area contributed by atoms with Gasteiger partial charge in [0.15, 0.2) is 6.04 Å². The number of aryl methyl sites for hydroxylation is 1. The molecular formula is C14H19NO3. The number of carbonyl (C=O) groups excluding carboxylic acids is 1. The number of hydrogen-bond donors (Lipinski definition) is 0. The zero-order valence-electron chi connectivity index (χ0n) is 10.7. The minimum atomic E-state index is -0.847. The second kappa shape index (κ2) is 8.39. The van der Waals surface area contributed by atoms with Crippen molar-refractivity contribution in [3.8, 4) is 0 Å². The summed E-state index contributed by atoms with van der Waals surface area (Å²) >= 11 is 0. The number of esters is 1. The highest BCUT2D eigenvalue weighted by molar-refractivity contribution is 5.75. The van der Waals surface area contributed by atoms with Gasteiger partial charge in [0.05, 0.1) is 6.61 Å². The van der Waals surface area contributed by atoms with Crippen molar-refractivity contribution in [2.75, 3.05) is 6.61 Å². The van der Waals surface area contributed by atoms with Crippen LogP contribution in [0.4, 0.5) is 0 Å². The highest BCUT2D eigenvalue weighted by Crippen LogP contribution is 2.10. The van der Waals surface area contributed by atoms with Gasteiger partial charge in [-0.25, -0.2) is 4.79 Å². The Morgan fingerprint density at radius 1 is 1.28 bits per heavy atom. The van der Waals surface area contributed by atoms with Gasteiger partial charge in [-0.2, -0.15) is 0 Å². The Morgan fingerprint density at radius 2 is 2.00 bits per heavy atom. The van der Waals surface area contributed by atoms with Crippen molar-refractivity contribution >= 4 is 5.97 Å². The van der Waals surface area contributed by atoms with Crippen LogP contribution in [-0.4, -0.2) is 18.6 Å². The van der Waals surface area contributed by atoms with Gasteiger partial charge in [0.2, 0.25) is 0 Å². The lowest BCUT2D eigenvalue weighted by Crippen LogP contribution is -2.21. The number of ether oxygens (including phenoxy) is 1. The van der Waals surface area contributed by atoms with Crippen molar-refractivity contribution in [3.63, 3.8) is 0 Å². The Balaban J connectivity index is 2.23. The molecule has 0 saturated heterocycles. The topological polar surface area (TPSA) is 55.7 Å². The molecule has 4 heteroatoms. The summed E-state index contributed by atoms with van der Waals surface area (Å²) in [5.74, 6) is -0.507. The maximum atomic E-state index is 11.3. The van der Waals surface area contributed by atoms with Gasteiger partial charge in [-0.1, -0.05) is 41.9 Å². The molecule has 1 atom stereocenters. The van der Waals surface area contributed by atoms with E-state index >= 15 is 0 Å². The summed E-state index contributed by atoms with van der Waals surface area (Å²) < 4.78 is 4.78. The molecule has 0 aromatic heterocycles. The monoisotopic (exact) mass is 249 g/mol. The van der Waals surface area contributed by atoms with Gasteiger partial charge in [-0.3, -0.25) is 0 Å². The Bertz CT molecular complexity index is 365. The molecule has 4 nitrogen and oxygen atoms in total. The molecule has 0 heterocycles. The number of benzene rings is 1. The van der Waals surface area contributed by atoms with Crippen LogP contribution < -0.4 is 0 Å². The molecule has 0 aliphatic carbocycles. The fraction of sp³-hybridized carbons (Fsp3) is 0.500. The molecule has 1 unspecified atom stereocenters. The zero-order valence-corrected chi connectivity index (χ0v) is 10.7. The van der Waals surface area contributed by atoms with E-state index in [2.05, 4.69) is 17.3 Å². The number of nitrogens with zero attached hydrogens (tertiary/aromatic N) is 1. The van der Waals surface area contributed by atoms with E-state index in [4.69, 9.17) is 4.74 Å². The summed E-state index contributed by atoms with van der Waals surface area (Å²) in [4.78, 5) is 21.9. The SMILES string of the molecule is CCOC(=O)C(CCCCc1ccccc1)N=O. The smallest absolute Gasteiger partial charge is 0.334 e. The van der Waals surface area contributed by atoms with E-state index < -0.39 is 12.0 Å². The third-order valence-electron chi connectivity index (χ3n) is 2.72. The fourth-order valence-corrected chi connectivity index (χ4v) is 1.76. The first-order chi connectivity index (χ1) is 8.77. The molecule has 0 aliphatic heterocycles. The highest BCUT2D eigenvalue weighted by Gasteiger charge is 2.19. The minimum absolute atomic E-state index is 0.287. The molecule has 0 fully saturated rings. The average Bonchev–Trinajstić information content (AvgIpc) is 2.40. The van der Waals surface area contributed by atoms with Crippen LogP contribution in [0.25, 0.3) is 0 Å². The van der Waals surface area contributed by atoms with Crippen LogP contribution in [0.3, 0.4) is 0 Å². The average molecular weight is 249 g/mol. The van der Waals surface area contributed by atoms with Crippen molar-refractivity contribution in [1.82, 2.24) is 0 Å². The molecule has 0 aliphatic rings. The maximum absolute atomic E-state index is 11.3. The largest absolute Gasteiger partial charge is 0.464 e. The van der Waals surface area contributed by atoms with Crippen molar-refractivity contribution in [3.05, 3.63) is 40.8 Å². The van der Waals surface area contributed by atoms with Gasteiger partial charge in [0.1, 0.15) is 0 Å². The summed E-state index contributed by atoms with van der Waals surface area (Å²) in [6.45, 7) is 2.00. The Hall–Kier alpha value is -1.71. The molecule has 0 bridgehead atoms. The molecule has 1 aromatic rings. The van der Waals surface area contributed by atoms with Gasteiger partial charge >= 0.3 is 5.97 Å². The molecule has 0 N–H and O–H groups in total. The fourth-order valence-electron chi connectivity index (χ4n) is 1.76. The van der Waals surface area contributed by atoms with Crippen LogP contribution in [0.1, 0.15) is 31.7 Å². The highest BCUT2D eigenvalue weighted by atomic mass is 16.5. The van der Waals surface area contributed by atoms with Gasteiger partial charge in [-0.05, 0) is 31.7 Å². The zero-order chi connectivity index (χ0) is 13.2. The number of rotatable bonds is 8. The van der Waals surface area contributed by atoms with E-state index in [-0.39, 0.29) is 6.61 Å². The molecule has 18 heavy (non-hydrogen) atoms. The number of hydrogen-bond acceptors (Lipinski definition) is 4. The Morgan fingerprint density at radius 3 is 2.61 bits per heavy atom. The van der Waals surface area contributed by atoms with Crippen molar-refractivity contribution in [2.45, 2.75) is 38.6 Å². The molecule has 1 aromatic carbocycles. The predicted octanol–water partition coefficient (Wildman–Crippen LogP) is 3.10. The van der Waals surface area contributed by atoms with Gasteiger partial charge in [0, 0.05) is 0 Å². The Labute approximate surface area is 107 Å². The van der Waals surface area contributed by atoms with E-state index in [0.717, 1.165) is 19.3 Å². The second-order valence-electron chi connectivity index (χ2n) is 4.10. The minimum Gasteiger partial charge on any atom is -0.464 e. The van der Waals surface area contributed by atoms with Crippen LogP contribution >= 0.6 is 0 Å². The molecule has 98 valence electrons. The predicted molar refractivity (Wildman–Crippen MR) is 70.2 cm³/mol. The summed E-state index contributed by atoms with van der Waals surface area (Å²) in [7, 11) is 0. The summed E-state index contributed by atoms with van der Waals surface area (Å²) in [6.07, 6.45) is 3.16. The third kappa shape index (κ3) is 5.08. The van der Waals surface area contributed by atoms with Crippen LogP contribution in [-0.2, 0) is 16.0 Å². The van der Waals surface area contributed by atoms with Crippen molar-refractivity contribution in [2.24, 2.45) is 5.18 Å². The normalized spacial score (nSPS) is 11.8. The van der Waals surface area contributed by atoms with Crippen LogP contribution in [0, 0.1) is 4.91 Å². The summed E-state index contributed by atoms with van der Waals surface area (Å²) in [5.41, 5.74) is 1.27. The maximum Gasteiger partial charge on any atom is 0.334 e. The molecule has 0 radical (unpaired) electrons. The third-order valence-corrected chi connectivity index (χ3v) is 2.72. The van der Waals surface area contributed by atoms with E-state index in [1.165, 1.54) is 5.56 Å². The van der Waals surface area contributed by atoms with Crippen molar-refractivity contribution in [1.29, 1.82) is 0 Å². The molecule has 0 spiro atoms. The van der Waals surface area contributed by atoms with E-state index in [0.29, 0.717) is 6.42 Å². The van der Waals surface area contributed by atoms with Gasteiger partial charge in [0.25, 0.3) is 0 Å². The van der Waals surface area contributed by atoms with Crippen LogP contribution in [0.15, 0.2) is 35.5 Å². The van der Waals surface area contributed by atoms with Crippen LogP contribution in [0.5, 0.6) is 0 Å². The first-order valence-electron chi connectivity index (χ1n) is 6.31. The molecular weight excluding hydrogens is 230 g/mol.